The standard InChI is InChI=1S/C32H30N2O7S/c1-5-8-24-27(31(38)40-6-2)28(19-9-7-10-21(16-19)39-4)34-29(35)26(42-32(34)33-24)17-22-12-14-25(41-22)23-13-11-20(30(36)37)15-18(23)3/h7,9-17,28H,5-6,8H2,1-4H3,(H,36,37)/b26-17-/t28-/m0/s1. The van der Waals surface area contributed by atoms with Crippen LogP contribution < -0.4 is 19.6 Å². The average Bonchev–Trinajstić information content (AvgIpc) is 3.56. The van der Waals surface area contributed by atoms with Crippen LogP contribution in [0, 0.1) is 6.92 Å². The second-order valence-corrected chi connectivity index (χ2v) is 10.7. The van der Waals surface area contributed by atoms with Crippen molar-refractivity contribution in [2.75, 3.05) is 13.7 Å². The van der Waals surface area contributed by atoms with Gasteiger partial charge in [-0.15, -0.1) is 0 Å². The lowest BCUT2D eigenvalue weighted by Crippen LogP contribution is -2.40. The summed E-state index contributed by atoms with van der Waals surface area (Å²) in [6.45, 7) is 5.76. The van der Waals surface area contributed by atoms with Gasteiger partial charge in [-0.2, -0.15) is 0 Å². The number of methoxy groups -OCH3 is 1. The number of furan rings is 1. The Balaban J connectivity index is 1.65. The van der Waals surface area contributed by atoms with Gasteiger partial charge in [-0.25, -0.2) is 14.6 Å². The smallest absolute Gasteiger partial charge is 0.338 e. The Labute approximate surface area is 245 Å². The first kappa shape index (κ1) is 28.8. The molecule has 4 aromatic rings. The van der Waals surface area contributed by atoms with Crippen molar-refractivity contribution in [1.82, 2.24) is 4.57 Å². The number of carboxylic acid groups (broad SMARTS) is 1. The molecule has 0 saturated heterocycles. The van der Waals surface area contributed by atoms with Gasteiger partial charge in [0.2, 0.25) is 0 Å². The average molecular weight is 587 g/mol. The van der Waals surface area contributed by atoms with Crippen LogP contribution in [0.4, 0.5) is 0 Å². The van der Waals surface area contributed by atoms with E-state index in [4.69, 9.17) is 18.9 Å². The SMILES string of the molecule is CCCC1=C(C(=O)OCC)[C@H](c2cccc(OC)c2)n2c(s/c(=C\c3ccc(-c4ccc(C(=O)O)cc4C)o3)c2=O)=N1. The van der Waals surface area contributed by atoms with Gasteiger partial charge >= 0.3 is 11.9 Å². The Morgan fingerprint density at radius 1 is 1.14 bits per heavy atom. The van der Waals surface area contributed by atoms with Crippen molar-refractivity contribution in [2.45, 2.75) is 39.7 Å². The van der Waals surface area contributed by atoms with Crippen LogP contribution in [0.5, 0.6) is 5.75 Å². The van der Waals surface area contributed by atoms with Crippen LogP contribution in [0.25, 0.3) is 17.4 Å². The number of hydrogen-bond donors (Lipinski definition) is 1. The lowest BCUT2D eigenvalue weighted by Gasteiger charge is -2.26. The van der Waals surface area contributed by atoms with Gasteiger partial charge in [0.25, 0.3) is 5.56 Å². The van der Waals surface area contributed by atoms with Crippen LogP contribution >= 0.6 is 11.3 Å². The summed E-state index contributed by atoms with van der Waals surface area (Å²) in [5, 5.41) is 9.27. The van der Waals surface area contributed by atoms with E-state index in [1.165, 1.54) is 22.0 Å². The number of carbonyl (C=O) groups is 2. The van der Waals surface area contributed by atoms with Crippen LogP contribution in [0.1, 0.15) is 60.0 Å². The minimum absolute atomic E-state index is 0.191. The molecule has 0 aliphatic carbocycles. The minimum Gasteiger partial charge on any atom is -0.497 e. The van der Waals surface area contributed by atoms with E-state index < -0.39 is 18.0 Å². The lowest BCUT2D eigenvalue weighted by atomic mass is 9.94. The fraction of sp³-hybridized carbons (Fsp3) is 0.250. The summed E-state index contributed by atoms with van der Waals surface area (Å²) in [6, 6.07) is 14.9. The molecule has 9 nitrogen and oxygen atoms in total. The van der Waals surface area contributed by atoms with Crippen molar-refractivity contribution in [2.24, 2.45) is 4.99 Å². The van der Waals surface area contributed by atoms with Gasteiger partial charge in [-0.05, 0) is 67.8 Å². The molecule has 0 radical (unpaired) electrons. The van der Waals surface area contributed by atoms with Crippen molar-refractivity contribution in [3.8, 4) is 17.1 Å². The van der Waals surface area contributed by atoms with Crippen molar-refractivity contribution in [3.63, 3.8) is 0 Å². The molecular weight excluding hydrogens is 556 g/mol. The number of aromatic nitrogens is 1. The lowest BCUT2D eigenvalue weighted by molar-refractivity contribution is -0.139. The van der Waals surface area contributed by atoms with Gasteiger partial charge in [0.1, 0.15) is 17.3 Å². The zero-order valence-corrected chi connectivity index (χ0v) is 24.5. The fourth-order valence-electron chi connectivity index (χ4n) is 5.03. The Bertz CT molecular complexity index is 1890. The fourth-order valence-corrected chi connectivity index (χ4v) is 6.03. The number of benzene rings is 2. The summed E-state index contributed by atoms with van der Waals surface area (Å²) >= 11 is 1.22. The molecule has 5 rings (SSSR count). The minimum atomic E-state index is -0.999. The summed E-state index contributed by atoms with van der Waals surface area (Å²) in [5.41, 5.74) is 3.02. The second kappa shape index (κ2) is 12.0. The quantitative estimate of drug-likeness (QED) is 0.278. The van der Waals surface area contributed by atoms with Crippen molar-refractivity contribution >= 4 is 29.4 Å². The number of carbonyl (C=O) groups excluding carboxylic acids is 1. The number of allylic oxidation sites excluding steroid dienone is 1. The molecule has 0 saturated carbocycles. The molecule has 216 valence electrons. The molecular formula is C32H30N2O7S. The van der Waals surface area contributed by atoms with Crippen LogP contribution in [0.3, 0.4) is 0 Å². The number of fused-ring (bicyclic) bond motifs is 1. The van der Waals surface area contributed by atoms with E-state index in [1.807, 2.05) is 32.0 Å². The number of rotatable bonds is 9. The van der Waals surface area contributed by atoms with Crippen molar-refractivity contribution in [3.05, 3.63) is 108 Å². The van der Waals surface area contributed by atoms with Gasteiger partial charge in [-0.3, -0.25) is 9.36 Å². The predicted octanol–water partition coefficient (Wildman–Crippen LogP) is 4.85. The molecule has 0 bridgehead atoms. The molecule has 3 heterocycles. The Morgan fingerprint density at radius 2 is 1.95 bits per heavy atom. The third-order valence-electron chi connectivity index (χ3n) is 6.94. The first-order valence-corrected chi connectivity index (χ1v) is 14.4. The van der Waals surface area contributed by atoms with Gasteiger partial charge in [-0.1, -0.05) is 42.9 Å². The molecule has 1 N–H and O–H groups in total. The van der Waals surface area contributed by atoms with E-state index in [0.717, 1.165) is 17.5 Å². The number of thiazole rings is 1. The molecule has 2 aromatic heterocycles. The van der Waals surface area contributed by atoms with Crippen LogP contribution in [-0.4, -0.2) is 35.3 Å². The number of aromatic carboxylic acids is 1. The third kappa shape index (κ3) is 5.45. The number of hydrogen-bond acceptors (Lipinski definition) is 8. The summed E-state index contributed by atoms with van der Waals surface area (Å²) in [4.78, 5) is 43.9. The van der Waals surface area contributed by atoms with Gasteiger partial charge in [0.05, 0.1) is 41.1 Å². The number of aryl methyl sites for hydroxylation is 1. The molecule has 2 aromatic carbocycles. The predicted molar refractivity (Wildman–Crippen MR) is 158 cm³/mol. The van der Waals surface area contributed by atoms with Gasteiger partial charge in [0.15, 0.2) is 4.80 Å². The Kier molecular flexibility index (Phi) is 8.26. The Morgan fingerprint density at radius 3 is 2.64 bits per heavy atom. The number of ether oxygens (including phenoxy) is 2. The van der Waals surface area contributed by atoms with Crippen LogP contribution in [0.15, 0.2) is 80.1 Å². The number of esters is 1. The maximum absolute atomic E-state index is 14.0. The number of carboxylic acids is 1. The summed E-state index contributed by atoms with van der Waals surface area (Å²) < 4.78 is 18.9. The molecule has 10 heteroatoms. The van der Waals surface area contributed by atoms with Crippen molar-refractivity contribution in [1.29, 1.82) is 0 Å². The van der Waals surface area contributed by atoms with E-state index in [9.17, 15) is 19.5 Å². The van der Waals surface area contributed by atoms with Crippen LogP contribution in [-0.2, 0) is 9.53 Å². The first-order valence-electron chi connectivity index (χ1n) is 13.6. The molecule has 1 aliphatic rings. The number of nitrogens with zero attached hydrogens (tertiary/aromatic N) is 2. The first-order chi connectivity index (χ1) is 20.2. The second-order valence-electron chi connectivity index (χ2n) is 9.73. The van der Waals surface area contributed by atoms with Gasteiger partial charge < -0.3 is 19.0 Å². The normalized spacial score (nSPS) is 14.9. The molecule has 0 unspecified atom stereocenters. The van der Waals surface area contributed by atoms with E-state index in [-0.39, 0.29) is 17.7 Å². The van der Waals surface area contributed by atoms with E-state index in [1.54, 1.807) is 50.4 Å². The molecule has 1 aliphatic heterocycles. The molecule has 1 atom stereocenters. The van der Waals surface area contributed by atoms with E-state index in [2.05, 4.69) is 0 Å². The van der Waals surface area contributed by atoms with E-state index >= 15 is 0 Å². The zero-order chi connectivity index (χ0) is 30.0. The summed E-state index contributed by atoms with van der Waals surface area (Å²) in [7, 11) is 1.56. The molecule has 0 spiro atoms. The third-order valence-corrected chi connectivity index (χ3v) is 7.92. The summed E-state index contributed by atoms with van der Waals surface area (Å²) in [6.07, 6.45) is 2.95. The highest BCUT2D eigenvalue weighted by molar-refractivity contribution is 7.07. The monoisotopic (exact) mass is 586 g/mol. The van der Waals surface area contributed by atoms with E-state index in [0.29, 0.717) is 49.9 Å². The molecule has 0 fully saturated rings. The topological polar surface area (TPSA) is 120 Å². The summed E-state index contributed by atoms with van der Waals surface area (Å²) in [5.74, 6) is 0.0925. The molecule has 42 heavy (non-hydrogen) atoms. The maximum Gasteiger partial charge on any atom is 0.338 e. The highest BCUT2D eigenvalue weighted by atomic mass is 32.1. The van der Waals surface area contributed by atoms with Crippen LogP contribution in [0.2, 0.25) is 0 Å². The Hall–Kier alpha value is -4.70. The van der Waals surface area contributed by atoms with Crippen molar-refractivity contribution < 1.29 is 28.6 Å². The molecule has 0 amide bonds. The highest BCUT2D eigenvalue weighted by Gasteiger charge is 2.34. The zero-order valence-electron chi connectivity index (χ0n) is 23.7. The highest BCUT2D eigenvalue weighted by Crippen LogP contribution is 2.34. The van der Waals surface area contributed by atoms with Gasteiger partial charge in [0, 0.05) is 11.6 Å². The largest absolute Gasteiger partial charge is 0.497 e. The maximum atomic E-state index is 14.0.